The van der Waals surface area contributed by atoms with Crippen molar-refractivity contribution in [1.82, 2.24) is 39.0 Å². The minimum atomic E-state index is -0.471. The molecule has 3 N–H and O–H groups in total. The van der Waals surface area contributed by atoms with Gasteiger partial charge in [-0.05, 0) is 117 Å². The molecule has 4 aliphatic heterocycles. The molecule has 4 aromatic heterocycles. The third-order valence-electron chi connectivity index (χ3n) is 12.6. The van der Waals surface area contributed by atoms with Crippen molar-refractivity contribution in [1.29, 1.82) is 0 Å². The summed E-state index contributed by atoms with van der Waals surface area (Å²) in [6.45, 7) is 10.2. The van der Waals surface area contributed by atoms with E-state index in [1.807, 2.05) is 55.4 Å². The van der Waals surface area contributed by atoms with Gasteiger partial charge in [0.05, 0.1) is 30.6 Å². The van der Waals surface area contributed by atoms with Crippen LogP contribution >= 0.6 is 0 Å². The van der Waals surface area contributed by atoms with Crippen molar-refractivity contribution in [3.05, 3.63) is 107 Å². The minimum Gasteiger partial charge on any atom is -0.391 e. The number of hydrogen-bond donors (Lipinski definition) is 3. The highest BCUT2D eigenvalue weighted by Crippen LogP contribution is 2.39. The number of carbonyl (C=O) groups excluding carboxylic acids is 2. The van der Waals surface area contributed by atoms with Gasteiger partial charge in [-0.15, -0.1) is 0 Å². The van der Waals surface area contributed by atoms with Gasteiger partial charge in [-0.2, -0.15) is 10.2 Å². The molecule has 0 radical (unpaired) electrons. The molecule has 0 aliphatic carbocycles. The number of carbonyl (C=O) groups is 2. The van der Waals surface area contributed by atoms with Crippen LogP contribution in [-0.4, -0.2) is 102 Å². The van der Waals surface area contributed by atoms with E-state index in [2.05, 4.69) is 37.6 Å². The number of aryl methyl sites for hydroxylation is 2. The van der Waals surface area contributed by atoms with Crippen molar-refractivity contribution in [3.8, 4) is 0 Å². The summed E-state index contributed by atoms with van der Waals surface area (Å²) >= 11 is 0. The molecule has 0 spiro atoms. The third kappa shape index (κ3) is 8.32. The van der Waals surface area contributed by atoms with Gasteiger partial charge in [-0.3, -0.25) is 0 Å². The molecule has 4 saturated heterocycles. The number of β-amino-alcohol motifs (C(OH)–C–C–N with tert-alkyl or cyclic N) is 1. The lowest BCUT2D eigenvalue weighted by Gasteiger charge is -2.27. The third-order valence-corrected chi connectivity index (χ3v) is 12.6. The largest absolute Gasteiger partial charge is 0.391 e. The Balaban J connectivity index is 0.000000158. The summed E-state index contributed by atoms with van der Waals surface area (Å²) < 4.78 is 30.5. The van der Waals surface area contributed by atoms with Gasteiger partial charge in [0, 0.05) is 51.7 Å². The zero-order valence-corrected chi connectivity index (χ0v) is 35.2. The molecule has 10 rings (SSSR count). The number of amides is 4. The molecule has 0 bridgehead atoms. The molecule has 4 fully saturated rings. The van der Waals surface area contributed by atoms with E-state index in [0.29, 0.717) is 48.1 Å². The predicted molar refractivity (Wildman–Crippen MR) is 232 cm³/mol. The molecule has 4 aliphatic rings. The number of aliphatic hydroxyl groups excluding tert-OH is 1. The molecule has 8 heterocycles. The molecule has 62 heavy (non-hydrogen) atoms. The summed E-state index contributed by atoms with van der Waals surface area (Å²) in [6, 6.07) is 13.7. The maximum Gasteiger partial charge on any atom is 0.322 e. The fourth-order valence-electron chi connectivity index (χ4n) is 9.40. The predicted octanol–water partition coefficient (Wildman–Crippen LogP) is 7.51. The van der Waals surface area contributed by atoms with Crippen LogP contribution in [0.2, 0.25) is 0 Å². The quantitative estimate of drug-likeness (QED) is 0.155. The van der Waals surface area contributed by atoms with Crippen LogP contribution < -0.4 is 20.4 Å². The van der Waals surface area contributed by atoms with Crippen molar-refractivity contribution in [2.45, 2.75) is 77.5 Å². The van der Waals surface area contributed by atoms with Crippen LogP contribution in [0.3, 0.4) is 0 Å². The summed E-state index contributed by atoms with van der Waals surface area (Å²) in [5, 5.41) is 24.2. The SMILES string of the molecule is Cc1cc(F)ccc1[C@H]1CCCN1c1ccn2ncc(NC(=O)N3CC[C@H](C)C3)c2n1.Cc1cc(F)ccc1[C@H]1CCCN1c1ccn2ncc(NC(=O)N3CC[C@H](O)C3)c2n1. The van der Waals surface area contributed by atoms with Gasteiger partial charge in [0.2, 0.25) is 0 Å². The number of nitrogens with one attached hydrogen (secondary N) is 2. The Bertz CT molecular complexity index is 2440. The first-order chi connectivity index (χ1) is 30.0. The lowest BCUT2D eigenvalue weighted by atomic mass is 9.99. The van der Waals surface area contributed by atoms with Gasteiger partial charge in [0.25, 0.3) is 0 Å². The first-order valence-electron chi connectivity index (χ1n) is 21.5. The fraction of sp³-hybridized carbons (Fsp3) is 0.422. The van der Waals surface area contributed by atoms with Crippen molar-refractivity contribution in [2.24, 2.45) is 5.92 Å². The van der Waals surface area contributed by atoms with Crippen molar-refractivity contribution in [3.63, 3.8) is 0 Å². The molecule has 0 saturated carbocycles. The second kappa shape index (κ2) is 17.2. The molecule has 324 valence electrons. The highest BCUT2D eigenvalue weighted by Gasteiger charge is 2.31. The summed E-state index contributed by atoms with van der Waals surface area (Å²) in [6.07, 6.45) is 12.1. The van der Waals surface area contributed by atoms with E-state index in [9.17, 15) is 23.5 Å². The number of halogens is 2. The van der Waals surface area contributed by atoms with Gasteiger partial charge in [-0.25, -0.2) is 37.4 Å². The zero-order chi connectivity index (χ0) is 43.1. The molecule has 4 atom stereocenters. The Morgan fingerprint density at radius 3 is 1.58 bits per heavy atom. The molecule has 15 nitrogen and oxygen atoms in total. The van der Waals surface area contributed by atoms with Crippen LogP contribution in [-0.2, 0) is 0 Å². The number of hydrogen-bond acceptors (Lipinski definition) is 9. The van der Waals surface area contributed by atoms with Gasteiger partial charge in [0.1, 0.15) is 34.6 Å². The summed E-state index contributed by atoms with van der Waals surface area (Å²) in [5.74, 6) is 1.73. The van der Waals surface area contributed by atoms with Crippen LogP contribution in [0.25, 0.3) is 11.3 Å². The van der Waals surface area contributed by atoms with Gasteiger partial charge >= 0.3 is 12.1 Å². The number of fused-ring (bicyclic) bond motifs is 2. The number of aromatic nitrogens is 6. The number of benzene rings is 2. The number of anilines is 4. The lowest BCUT2D eigenvalue weighted by molar-refractivity contribution is 0.176. The standard InChI is InChI=1S/C23H27FN6O.C22H25FN6O2/c1-15-7-10-28(14-15)23(31)26-19-13-25-30-11-8-21(27-22(19)30)29-9-3-4-20(29)18-6-5-17(24)12-16(18)2;1-14-11-15(23)4-5-17(14)19-3-2-8-28(19)20-7-10-29-21(26-20)18(12-24-29)25-22(31)27-9-6-16(30)13-27/h5-6,8,11-13,15,20H,3-4,7,9-10,14H2,1-2H3,(H,26,31);4-5,7,10-12,16,19,30H,2-3,6,8-9,13H2,1H3,(H,25,31)/t15-,20+;16-,19+/m00/s1. The molecular weight excluding hydrogens is 795 g/mol. The topological polar surface area (TPSA) is 152 Å². The van der Waals surface area contributed by atoms with Crippen LogP contribution in [0.1, 0.15) is 79.8 Å². The smallest absolute Gasteiger partial charge is 0.322 e. The Kier molecular flexibility index (Phi) is 11.4. The van der Waals surface area contributed by atoms with Gasteiger partial charge in [0.15, 0.2) is 11.3 Å². The fourth-order valence-corrected chi connectivity index (χ4v) is 9.40. The van der Waals surface area contributed by atoms with Crippen molar-refractivity contribution in [2.75, 3.05) is 59.7 Å². The van der Waals surface area contributed by atoms with E-state index >= 15 is 0 Å². The van der Waals surface area contributed by atoms with Gasteiger partial charge in [-0.1, -0.05) is 19.1 Å². The average Bonchev–Trinajstić information content (AvgIpc) is 4.12. The molecule has 6 aromatic rings. The molecule has 17 heteroatoms. The highest BCUT2D eigenvalue weighted by atomic mass is 19.1. The Labute approximate surface area is 358 Å². The lowest BCUT2D eigenvalue weighted by Crippen LogP contribution is -2.33. The number of urea groups is 2. The van der Waals surface area contributed by atoms with Gasteiger partial charge < -0.3 is 35.3 Å². The minimum absolute atomic E-state index is 0.104. The van der Waals surface area contributed by atoms with Crippen molar-refractivity contribution < 1.29 is 23.5 Å². The van der Waals surface area contributed by atoms with E-state index < -0.39 is 6.10 Å². The first-order valence-corrected chi connectivity index (χ1v) is 21.5. The van der Waals surface area contributed by atoms with Crippen LogP contribution in [0.15, 0.2) is 73.3 Å². The maximum atomic E-state index is 13.6. The van der Waals surface area contributed by atoms with Crippen LogP contribution in [0.5, 0.6) is 0 Å². The number of rotatable bonds is 6. The molecule has 4 amide bonds. The summed E-state index contributed by atoms with van der Waals surface area (Å²) in [7, 11) is 0. The van der Waals surface area contributed by atoms with Crippen LogP contribution in [0.4, 0.5) is 41.4 Å². The summed E-state index contributed by atoms with van der Waals surface area (Å²) in [5.41, 5.74) is 6.45. The Morgan fingerprint density at radius 2 is 1.15 bits per heavy atom. The number of nitrogens with zero attached hydrogens (tertiary/aromatic N) is 10. The average molecular weight is 847 g/mol. The Hall–Kier alpha value is -6.36. The number of likely N-dealkylation sites (tertiary alicyclic amines) is 2. The maximum absolute atomic E-state index is 13.6. The summed E-state index contributed by atoms with van der Waals surface area (Å²) in [4.78, 5) is 42.8. The highest BCUT2D eigenvalue weighted by molar-refractivity contribution is 5.94. The zero-order valence-electron chi connectivity index (χ0n) is 35.2. The number of aliphatic hydroxyl groups is 1. The molecular formula is C45H52F2N12O3. The van der Waals surface area contributed by atoms with Crippen LogP contribution in [0, 0.1) is 31.4 Å². The van der Waals surface area contributed by atoms with E-state index in [1.54, 1.807) is 38.5 Å². The Morgan fingerprint density at radius 1 is 0.661 bits per heavy atom. The van der Waals surface area contributed by atoms with E-state index in [4.69, 9.17) is 9.97 Å². The normalized spacial score (nSPS) is 21.3. The van der Waals surface area contributed by atoms with E-state index in [-0.39, 0.29) is 35.8 Å². The second-order valence-electron chi connectivity index (χ2n) is 17.0. The molecule has 0 unspecified atom stereocenters. The van der Waals surface area contributed by atoms with E-state index in [1.165, 1.54) is 12.1 Å². The first kappa shape index (κ1) is 41.0. The van der Waals surface area contributed by atoms with E-state index in [0.717, 1.165) is 92.2 Å². The monoisotopic (exact) mass is 846 g/mol. The van der Waals surface area contributed by atoms with Crippen molar-refractivity contribution >= 4 is 46.4 Å². The second-order valence-corrected chi connectivity index (χ2v) is 17.0. The molecule has 2 aromatic carbocycles.